The van der Waals surface area contributed by atoms with Gasteiger partial charge in [-0.3, -0.25) is 0 Å². The van der Waals surface area contributed by atoms with E-state index in [0.29, 0.717) is 5.41 Å². The summed E-state index contributed by atoms with van der Waals surface area (Å²) in [6.45, 7) is 9.34. The molecule has 0 amide bonds. The third-order valence-corrected chi connectivity index (χ3v) is 4.56. The molecule has 1 saturated carbocycles. The van der Waals surface area contributed by atoms with Gasteiger partial charge in [-0.25, -0.2) is 0 Å². The highest BCUT2D eigenvalue weighted by Crippen LogP contribution is 2.47. The Bertz CT molecular complexity index is 327. The van der Waals surface area contributed by atoms with Crippen molar-refractivity contribution in [3.63, 3.8) is 0 Å². The van der Waals surface area contributed by atoms with Gasteiger partial charge in [0.1, 0.15) is 0 Å². The van der Waals surface area contributed by atoms with Crippen molar-refractivity contribution in [2.75, 3.05) is 13.1 Å². The van der Waals surface area contributed by atoms with Gasteiger partial charge in [-0.15, -0.1) is 0 Å². The Morgan fingerprint density at radius 2 is 2.24 bits per heavy atom. The lowest BCUT2D eigenvalue weighted by molar-refractivity contribution is 0.252. The van der Waals surface area contributed by atoms with Crippen LogP contribution in [0.5, 0.6) is 0 Å². The summed E-state index contributed by atoms with van der Waals surface area (Å²) in [6, 6.07) is 2.29. The Hall–Kier alpha value is -0.340. The van der Waals surface area contributed by atoms with Crippen LogP contribution in [0.15, 0.2) is 16.8 Å². The van der Waals surface area contributed by atoms with Crippen LogP contribution in [0.2, 0.25) is 0 Å². The standard InChI is InChI=1S/C15H25NS/c1-12(2)9-16-11-15(3,14-4-5-14)8-13-6-7-17-10-13/h6-7,10,12,14,16H,4-5,8-9,11H2,1-3H3. The van der Waals surface area contributed by atoms with Gasteiger partial charge in [0, 0.05) is 6.54 Å². The van der Waals surface area contributed by atoms with Crippen LogP contribution in [0.25, 0.3) is 0 Å². The van der Waals surface area contributed by atoms with Gasteiger partial charge in [0.25, 0.3) is 0 Å². The molecular weight excluding hydrogens is 226 g/mol. The zero-order valence-corrected chi connectivity index (χ0v) is 12.1. The minimum Gasteiger partial charge on any atom is -0.316 e. The number of nitrogens with one attached hydrogen (secondary N) is 1. The van der Waals surface area contributed by atoms with E-state index in [1.807, 2.05) is 11.3 Å². The molecular formula is C15H25NS. The lowest BCUT2D eigenvalue weighted by atomic mass is 9.79. The van der Waals surface area contributed by atoms with Crippen LogP contribution in [0.3, 0.4) is 0 Å². The summed E-state index contributed by atoms with van der Waals surface area (Å²) in [5, 5.41) is 8.17. The van der Waals surface area contributed by atoms with Gasteiger partial charge < -0.3 is 5.32 Å². The topological polar surface area (TPSA) is 12.0 Å². The predicted octanol–water partition coefficient (Wildman–Crippen LogP) is 3.95. The van der Waals surface area contributed by atoms with Crippen LogP contribution in [0.4, 0.5) is 0 Å². The van der Waals surface area contributed by atoms with E-state index in [9.17, 15) is 0 Å². The first kappa shape index (κ1) is 13.1. The maximum absolute atomic E-state index is 3.66. The van der Waals surface area contributed by atoms with Crippen LogP contribution in [-0.4, -0.2) is 13.1 Å². The van der Waals surface area contributed by atoms with E-state index in [-0.39, 0.29) is 0 Å². The van der Waals surface area contributed by atoms with Gasteiger partial charge in [0.15, 0.2) is 0 Å². The van der Waals surface area contributed by atoms with E-state index in [0.717, 1.165) is 18.4 Å². The Balaban J connectivity index is 1.90. The maximum Gasteiger partial charge on any atom is 0.00111 e. The fourth-order valence-corrected chi connectivity index (χ4v) is 3.31. The van der Waals surface area contributed by atoms with Crippen LogP contribution >= 0.6 is 11.3 Å². The molecule has 1 nitrogen and oxygen atoms in total. The normalized spacial score (nSPS) is 19.5. The van der Waals surface area contributed by atoms with Crippen molar-refractivity contribution in [1.29, 1.82) is 0 Å². The lowest BCUT2D eigenvalue weighted by Gasteiger charge is -2.30. The second kappa shape index (κ2) is 5.53. The van der Waals surface area contributed by atoms with Crippen molar-refractivity contribution in [3.8, 4) is 0 Å². The summed E-state index contributed by atoms with van der Waals surface area (Å²) in [5.74, 6) is 1.70. The molecule has 1 aromatic rings. The van der Waals surface area contributed by atoms with E-state index in [4.69, 9.17) is 0 Å². The number of thiophene rings is 1. The molecule has 0 saturated heterocycles. The summed E-state index contributed by atoms with van der Waals surface area (Å²) >= 11 is 1.82. The van der Waals surface area contributed by atoms with Crippen molar-refractivity contribution in [3.05, 3.63) is 22.4 Å². The Labute approximate surface area is 110 Å². The highest BCUT2D eigenvalue weighted by molar-refractivity contribution is 7.07. The molecule has 0 bridgehead atoms. The fourth-order valence-electron chi connectivity index (χ4n) is 2.64. The zero-order valence-electron chi connectivity index (χ0n) is 11.3. The minimum atomic E-state index is 0.468. The molecule has 2 rings (SSSR count). The molecule has 17 heavy (non-hydrogen) atoms. The summed E-state index contributed by atoms with van der Waals surface area (Å²) in [6.07, 6.45) is 4.11. The van der Waals surface area contributed by atoms with Gasteiger partial charge in [-0.2, -0.15) is 11.3 Å². The lowest BCUT2D eigenvalue weighted by Crippen LogP contribution is -2.37. The van der Waals surface area contributed by atoms with E-state index in [1.165, 1.54) is 31.4 Å². The SMILES string of the molecule is CC(C)CNCC(C)(Cc1ccsc1)C1CC1. The Morgan fingerprint density at radius 3 is 2.76 bits per heavy atom. The number of hydrogen-bond acceptors (Lipinski definition) is 2. The molecule has 1 N–H and O–H groups in total. The van der Waals surface area contributed by atoms with Crippen molar-refractivity contribution >= 4 is 11.3 Å². The first-order valence-electron chi connectivity index (χ1n) is 6.82. The smallest absolute Gasteiger partial charge is 0.00111 e. The molecule has 0 aromatic carbocycles. The van der Waals surface area contributed by atoms with Crippen molar-refractivity contribution in [1.82, 2.24) is 5.32 Å². The average molecular weight is 251 g/mol. The molecule has 0 radical (unpaired) electrons. The molecule has 0 aliphatic heterocycles. The summed E-state index contributed by atoms with van der Waals surface area (Å²) < 4.78 is 0. The first-order valence-corrected chi connectivity index (χ1v) is 7.76. The highest BCUT2D eigenvalue weighted by atomic mass is 32.1. The fraction of sp³-hybridized carbons (Fsp3) is 0.733. The molecule has 96 valence electrons. The highest BCUT2D eigenvalue weighted by Gasteiger charge is 2.41. The Morgan fingerprint density at radius 1 is 1.47 bits per heavy atom. The largest absolute Gasteiger partial charge is 0.316 e. The van der Waals surface area contributed by atoms with Crippen LogP contribution in [0.1, 0.15) is 39.2 Å². The van der Waals surface area contributed by atoms with Crippen LogP contribution in [-0.2, 0) is 6.42 Å². The zero-order chi connectivity index (χ0) is 12.3. The second-order valence-corrected chi connectivity index (χ2v) is 7.04. The molecule has 1 fully saturated rings. The molecule has 1 aromatic heterocycles. The minimum absolute atomic E-state index is 0.468. The van der Waals surface area contributed by atoms with Crippen LogP contribution in [0, 0.1) is 17.3 Å². The summed E-state index contributed by atoms with van der Waals surface area (Å²) in [7, 11) is 0. The second-order valence-electron chi connectivity index (χ2n) is 6.26. The third-order valence-electron chi connectivity index (χ3n) is 3.83. The van der Waals surface area contributed by atoms with Gasteiger partial charge in [0.05, 0.1) is 0 Å². The van der Waals surface area contributed by atoms with E-state index < -0.39 is 0 Å². The van der Waals surface area contributed by atoms with Crippen molar-refractivity contribution in [2.45, 2.75) is 40.0 Å². The first-order chi connectivity index (χ1) is 8.10. The quantitative estimate of drug-likeness (QED) is 0.773. The summed E-state index contributed by atoms with van der Waals surface area (Å²) in [4.78, 5) is 0. The molecule has 2 heteroatoms. The van der Waals surface area contributed by atoms with E-state index in [1.54, 1.807) is 0 Å². The van der Waals surface area contributed by atoms with Gasteiger partial charge in [-0.05, 0) is 65.4 Å². The average Bonchev–Trinajstić information content (AvgIpc) is 3.00. The van der Waals surface area contributed by atoms with Gasteiger partial charge >= 0.3 is 0 Å². The molecule has 1 aliphatic carbocycles. The molecule has 1 aliphatic rings. The molecule has 1 heterocycles. The van der Waals surface area contributed by atoms with Crippen molar-refractivity contribution < 1.29 is 0 Å². The molecule has 1 atom stereocenters. The maximum atomic E-state index is 3.66. The predicted molar refractivity (Wildman–Crippen MR) is 76.6 cm³/mol. The Kier molecular flexibility index (Phi) is 4.26. The third kappa shape index (κ3) is 3.82. The van der Waals surface area contributed by atoms with E-state index in [2.05, 4.69) is 42.9 Å². The molecule has 1 unspecified atom stereocenters. The number of rotatable bonds is 7. The number of hydrogen-bond donors (Lipinski definition) is 1. The van der Waals surface area contributed by atoms with Crippen LogP contribution < -0.4 is 5.32 Å². The summed E-state index contributed by atoms with van der Waals surface area (Å²) in [5.41, 5.74) is 1.99. The van der Waals surface area contributed by atoms with Gasteiger partial charge in [0.2, 0.25) is 0 Å². The molecule has 0 spiro atoms. The monoisotopic (exact) mass is 251 g/mol. The van der Waals surface area contributed by atoms with Crippen molar-refractivity contribution in [2.24, 2.45) is 17.3 Å². The van der Waals surface area contributed by atoms with Gasteiger partial charge in [-0.1, -0.05) is 20.8 Å². The van der Waals surface area contributed by atoms with E-state index >= 15 is 0 Å².